The van der Waals surface area contributed by atoms with Gasteiger partial charge in [0, 0.05) is 19.2 Å². The smallest absolute Gasteiger partial charge is 0.223 e. The van der Waals surface area contributed by atoms with Crippen LogP contribution in [0.5, 0.6) is 0 Å². The molecule has 0 spiro atoms. The second-order valence-electron chi connectivity index (χ2n) is 4.91. The van der Waals surface area contributed by atoms with Crippen molar-refractivity contribution in [1.29, 1.82) is 5.26 Å². The van der Waals surface area contributed by atoms with Crippen LogP contribution in [0, 0.1) is 11.3 Å². The van der Waals surface area contributed by atoms with Gasteiger partial charge in [0.15, 0.2) is 0 Å². The van der Waals surface area contributed by atoms with Gasteiger partial charge in [-0.2, -0.15) is 5.26 Å². The first-order valence-electron chi connectivity index (χ1n) is 7.04. The average molecular weight is 278 g/mol. The monoisotopic (exact) mass is 278 g/mol. The number of carbonyl (C=O) groups excluding carboxylic acids is 1. The van der Waals surface area contributed by atoms with Crippen LogP contribution >= 0.6 is 0 Å². The van der Waals surface area contributed by atoms with Gasteiger partial charge in [-0.3, -0.25) is 4.79 Å². The molecule has 0 aromatic heterocycles. The summed E-state index contributed by atoms with van der Waals surface area (Å²) in [5.41, 5.74) is 3.60. The molecule has 0 saturated heterocycles. The van der Waals surface area contributed by atoms with Crippen molar-refractivity contribution in [3.05, 3.63) is 54.1 Å². The Hall–Kier alpha value is -2.60. The van der Waals surface area contributed by atoms with Crippen LogP contribution in [-0.4, -0.2) is 12.5 Å². The molecule has 0 aliphatic rings. The molecular weight excluding hydrogens is 260 g/mol. The minimum Gasteiger partial charge on any atom is -0.313 e. The number of rotatable bonds is 4. The predicted molar refractivity (Wildman–Crippen MR) is 84.9 cm³/mol. The lowest BCUT2D eigenvalue weighted by atomic mass is 10.0. The van der Waals surface area contributed by atoms with Gasteiger partial charge in [0.05, 0.1) is 11.6 Å². The minimum atomic E-state index is 0.0519. The summed E-state index contributed by atoms with van der Waals surface area (Å²) in [5, 5.41) is 8.95. The van der Waals surface area contributed by atoms with E-state index in [2.05, 4.69) is 13.0 Å². The summed E-state index contributed by atoms with van der Waals surface area (Å²) in [6.07, 6.45) is 0.922. The quantitative estimate of drug-likeness (QED) is 0.848. The molecule has 0 fully saturated rings. The summed E-state index contributed by atoms with van der Waals surface area (Å²) in [4.78, 5) is 13.4. The van der Waals surface area contributed by atoms with E-state index in [1.54, 1.807) is 17.9 Å². The van der Waals surface area contributed by atoms with Crippen molar-refractivity contribution in [1.82, 2.24) is 0 Å². The molecule has 106 valence electrons. The second kappa shape index (κ2) is 6.71. The van der Waals surface area contributed by atoms with E-state index in [-0.39, 0.29) is 5.91 Å². The highest BCUT2D eigenvalue weighted by Crippen LogP contribution is 2.24. The fourth-order valence-corrected chi connectivity index (χ4v) is 2.29. The number of nitriles is 1. The summed E-state index contributed by atoms with van der Waals surface area (Å²) in [5.74, 6) is 0.0519. The molecule has 0 aliphatic carbocycles. The summed E-state index contributed by atoms with van der Waals surface area (Å²) < 4.78 is 0. The van der Waals surface area contributed by atoms with E-state index in [4.69, 9.17) is 5.26 Å². The van der Waals surface area contributed by atoms with Crippen LogP contribution in [0.3, 0.4) is 0 Å². The molecule has 2 rings (SSSR count). The Labute approximate surface area is 125 Å². The van der Waals surface area contributed by atoms with Gasteiger partial charge in [-0.15, -0.1) is 0 Å². The standard InChI is InChI=1S/C18H18N2O/c1-3-11-20(14(2)21)18-9-7-16(8-10-18)17-6-4-5-15(12-17)13-19/h4-10,12H,3,11H2,1-2H3. The minimum absolute atomic E-state index is 0.0519. The molecule has 3 heteroatoms. The highest BCUT2D eigenvalue weighted by Gasteiger charge is 2.10. The zero-order valence-electron chi connectivity index (χ0n) is 12.3. The molecule has 0 atom stereocenters. The van der Waals surface area contributed by atoms with Gasteiger partial charge < -0.3 is 4.90 Å². The van der Waals surface area contributed by atoms with Crippen molar-refractivity contribution >= 4 is 11.6 Å². The van der Waals surface area contributed by atoms with E-state index in [9.17, 15) is 4.79 Å². The molecule has 2 aromatic rings. The number of hydrogen-bond donors (Lipinski definition) is 0. The molecule has 0 saturated carbocycles. The Bertz CT molecular complexity index is 668. The number of amides is 1. The zero-order chi connectivity index (χ0) is 15.2. The Morgan fingerprint density at radius 1 is 1.14 bits per heavy atom. The van der Waals surface area contributed by atoms with Gasteiger partial charge in [0.1, 0.15) is 0 Å². The molecule has 21 heavy (non-hydrogen) atoms. The first kappa shape index (κ1) is 14.8. The SMILES string of the molecule is CCCN(C(C)=O)c1ccc(-c2cccc(C#N)c2)cc1. The third-order valence-electron chi connectivity index (χ3n) is 3.33. The second-order valence-corrected chi connectivity index (χ2v) is 4.91. The van der Waals surface area contributed by atoms with Gasteiger partial charge in [-0.1, -0.05) is 31.2 Å². The lowest BCUT2D eigenvalue weighted by Gasteiger charge is -2.20. The maximum absolute atomic E-state index is 11.7. The number of nitrogens with zero attached hydrogens (tertiary/aromatic N) is 2. The predicted octanol–water partition coefficient (Wildman–Crippen LogP) is 3.99. The van der Waals surface area contributed by atoms with Crippen molar-refractivity contribution < 1.29 is 4.79 Å². The van der Waals surface area contributed by atoms with E-state index in [0.717, 1.165) is 29.8 Å². The van der Waals surface area contributed by atoms with Gasteiger partial charge in [0.25, 0.3) is 0 Å². The van der Waals surface area contributed by atoms with Crippen molar-refractivity contribution in [3.8, 4) is 17.2 Å². The van der Waals surface area contributed by atoms with Gasteiger partial charge in [0.2, 0.25) is 5.91 Å². The first-order chi connectivity index (χ1) is 10.2. The molecular formula is C18H18N2O. The summed E-state index contributed by atoms with van der Waals surface area (Å²) in [6.45, 7) is 4.36. The fourth-order valence-electron chi connectivity index (χ4n) is 2.29. The van der Waals surface area contributed by atoms with Gasteiger partial charge >= 0.3 is 0 Å². The topological polar surface area (TPSA) is 44.1 Å². The first-order valence-corrected chi connectivity index (χ1v) is 7.04. The van der Waals surface area contributed by atoms with Crippen LogP contribution in [0.1, 0.15) is 25.8 Å². The fraction of sp³-hybridized carbons (Fsp3) is 0.222. The number of benzene rings is 2. The molecule has 0 N–H and O–H groups in total. The third kappa shape index (κ3) is 3.49. The molecule has 3 nitrogen and oxygen atoms in total. The Morgan fingerprint density at radius 2 is 1.86 bits per heavy atom. The summed E-state index contributed by atoms with van der Waals surface area (Å²) in [6, 6.07) is 17.5. The van der Waals surface area contributed by atoms with Crippen LogP contribution in [0.2, 0.25) is 0 Å². The maximum Gasteiger partial charge on any atom is 0.223 e. The molecule has 0 bridgehead atoms. The van der Waals surface area contributed by atoms with E-state index >= 15 is 0 Å². The van der Waals surface area contributed by atoms with Gasteiger partial charge in [-0.05, 0) is 41.8 Å². The van der Waals surface area contributed by atoms with E-state index in [1.807, 2.05) is 42.5 Å². The molecule has 1 amide bonds. The lowest BCUT2D eigenvalue weighted by Crippen LogP contribution is -2.28. The lowest BCUT2D eigenvalue weighted by molar-refractivity contribution is -0.116. The summed E-state index contributed by atoms with van der Waals surface area (Å²) >= 11 is 0. The van der Waals surface area contributed by atoms with Crippen LogP contribution in [0.4, 0.5) is 5.69 Å². The average Bonchev–Trinajstić information content (AvgIpc) is 2.52. The highest BCUT2D eigenvalue weighted by molar-refractivity contribution is 5.91. The number of carbonyl (C=O) groups is 1. The highest BCUT2D eigenvalue weighted by atomic mass is 16.2. The molecule has 0 radical (unpaired) electrons. The van der Waals surface area contributed by atoms with Crippen LogP contribution in [0.15, 0.2) is 48.5 Å². The van der Waals surface area contributed by atoms with Crippen LogP contribution in [-0.2, 0) is 4.79 Å². The normalized spacial score (nSPS) is 9.95. The van der Waals surface area contributed by atoms with Crippen molar-refractivity contribution in [3.63, 3.8) is 0 Å². The van der Waals surface area contributed by atoms with Crippen molar-refractivity contribution in [2.75, 3.05) is 11.4 Å². The van der Waals surface area contributed by atoms with E-state index in [0.29, 0.717) is 5.56 Å². The zero-order valence-corrected chi connectivity index (χ0v) is 12.3. The van der Waals surface area contributed by atoms with Crippen molar-refractivity contribution in [2.45, 2.75) is 20.3 Å². The van der Waals surface area contributed by atoms with Crippen molar-refractivity contribution in [2.24, 2.45) is 0 Å². The molecule has 0 aliphatic heterocycles. The maximum atomic E-state index is 11.7. The van der Waals surface area contributed by atoms with Gasteiger partial charge in [-0.25, -0.2) is 0 Å². The molecule has 0 unspecified atom stereocenters. The third-order valence-corrected chi connectivity index (χ3v) is 3.33. The Balaban J connectivity index is 2.29. The molecule has 0 heterocycles. The van der Waals surface area contributed by atoms with E-state index in [1.165, 1.54) is 0 Å². The molecule has 2 aromatic carbocycles. The summed E-state index contributed by atoms with van der Waals surface area (Å²) in [7, 11) is 0. The Kier molecular flexibility index (Phi) is 4.73. The van der Waals surface area contributed by atoms with Crippen LogP contribution < -0.4 is 4.90 Å². The number of hydrogen-bond acceptors (Lipinski definition) is 2. The number of anilines is 1. The van der Waals surface area contributed by atoms with E-state index < -0.39 is 0 Å². The van der Waals surface area contributed by atoms with Crippen LogP contribution in [0.25, 0.3) is 11.1 Å². The Morgan fingerprint density at radius 3 is 2.43 bits per heavy atom. The largest absolute Gasteiger partial charge is 0.313 e.